The van der Waals surface area contributed by atoms with Gasteiger partial charge in [-0.2, -0.15) is 0 Å². The van der Waals surface area contributed by atoms with Crippen LogP contribution < -0.4 is 15.5 Å². The molecule has 3 rings (SSSR count). The summed E-state index contributed by atoms with van der Waals surface area (Å²) in [6.45, 7) is 3.35. The Balaban J connectivity index is 1.70. The van der Waals surface area contributed by atoms with Crippen molar-refractivity contribution in [1.82, 2.24) is 10.3 Å². The molecule has 0 spiro atoms. The van der Waals surface area contributed by atoms with E-state index in [1.807, 2.05) is 30.0 Å². The molecular formula is C19H23N5O3. The van der Waals surface area contributed by atoms with Gasteiger partial charge >= 0.3 is 0 Å². The number of aromatic nitrogens is 1. The number of benzene rings is 1. The van der Waals surface area contributed by atoms with Gasteiger partial charge in [-0.1, -0.05) is 6.07 Å². The Kier molecular flexibility index (Phi) is 5.54. The second kappa shape index (κ2) is 8.03. The highest BCUT2D eigenvalue weighted by Crippen LogP contribution is 2.31. The molecule has 1 aliphatic heterocycles. The summed E-state index contributed by atoms with van der Waals surface area (Å²) in [7, 11) is 1.50. The highest BCUT2D eigenvalue weighted by molar-refractivity contribution is 5.95. The molecule has 2 aromatic rings. The Labute approximate surface area is 157 Å². The van der Waals surface area contributed by atoms with E-state index in [1.165, 1.54) is 13.1 Å². The van der Waals surface area contributed by atoms with Crippen LogP contribution in [0.15, 0.2) is 36.4 Å². The molecule has 1 aliphatic rings. The van der Waals surface area contributed by atoms with E-state index in [9.17, 15) is 14.9 Å². The Morgan fingerprint density at radius 2 is 2.00 bits per heavy atom. The Bertz CT molecular complexity index is 847. The molecule has 2 N–H and O–H groups in total. The third-order valence-corrected chi connectivity index (χ3v) is 4.74. The quantitative estimate of drug-likeness (QED) is 0.621. The van der Waals surface area contributed by atoms with Gasteiger partial charge < -0.3 is 15.5 Å². The van der Waals surface area contributed by atoms with Gasteiger partial charge in [-0.3, -0.25) is 14.9 Å². The molecule has 1 aromatic carbocycles. The summed E-state index contributed by atoms with van der Waals surface area (Å²) in [6.07, 6.45) is 1.70. The van der Waals surface area contributed by atoms with Crippen LogP contribution in [0.3, 0.4) is 0 Å². The third-order valence-electron chi connectivity index (χ3n) is 4.74. The number of anilines is 2. The van der Waals surface area contributed by atoms with Gasteiger partial charge in [0.1, 0.15) is 11.5 Å². The summed E-state index contributed by atoms with van der Waals surface area (Å²) in [5.74, 6) is 0.521. The standard InChI is InChI=1S/C19H23N5O3/c1-13-4-3-5-18(21-13)22-15-8-10-23(11-9-15)16-7-6-14(19(25)20-2)12-17(16)24(26)27/h3-7,12,15H,8-11H2,1-2H3,(H,20,25)(H,21,22). The fourth-order valence-corrected chi connectivity index (χ4v) is 3.32. The van der Waals surface area contributed by atoms with Crippen molar-refractivity contribution < 1.29 is 9.72 Å². The van der Waals surface area contributed by atoms with E-state index >= 15 is 0 Å². The number of carbonyl (C=O) groups is 1. The molecule has 0 radical (unpaired) electrons. The first kappa shape index (κ1) is 18.6. The fraction of sp³-hybridized carbons (Fsp3) is 0.368. The monoisotopic (exact) mass is 369 g/mol. The van der Waals surface area contributed by atoms with Crippen molar-refractivity contribution in [3.8, 4) is 0 Å². The predicted octanol–water partition coefficient (Wildman–Crippen LogP) is 2.74. The number of nitrogens with zero attached hydrogens (tertiary/aromatic N) is 3. The number of hydrogen-bond acceptors (Lipinski definition) is 6. The number of hydrogen-bond donors (Lipinski definition) is 2. The molecule has 1 amide bonds. The van der Waals surface area contributed by atoms with Crippen molar-refractivity contribution >= 4 is 23.1 Å². The molecule has 0 atom stereocenters. The summed E-state index contributed by atoms with van der Waals surface area (Å²) in [5, 5.41) is 17.4. The van der Waals surface area contributed by atoms with E-state index in [-0.39, 0.29) is 23.2 Å². The number of piperidine rings is 1. The minimum absolute atomic E-state index is 0.0390. The zero-order chi connectivity index (χ0) is 19.4. The van der Waals surface area contributed by atoms with Crippen LogP contribution in [0.4, 0.5) is 17.2 Å². The van der Waals surface area contributed by atoms with E-state index < -0.39 is 4.92 Å². The lowest BCUT2D eigenvalue weighted by Gasteiger charge is -2.34. The molecule has 0 aliphatic carbocycles. The molecule has 8 heteroatoms. The molecule has 1 fully saturated rings. The lowest BCUT2D eigenvalue weighted by atomic mass is 10.0. The summed E-state index contributed by atoms with van der Waals surface area (Å²) in [4.78, 5) is 29.3. The maximum Gasteiger partial charge on any atom is 0.293 e. The average Bonchev–Trinajstić information content (AvgIpc) is 2.67. The Morgan fingerprint density at radius 3 is 2.63 bits per heavy atom. The van der Waals surface area contributed by atoms with E-state index in [1.54, 1.807) is 12.1 Å². The highest BCUT2D eigenvalue weighted by atomic mass is 16.6. The lowest BCUT2D eigenvalue weighted by molar-refractivity contribution is -0.384. The lowest BCUT2D eigenvalue weighted by Crippen LogP contribution is -2.39. The fourth-order valence-electron chi connectivity index (χ4n) is 3.32. The van der Waals surface area contributed by atoms with Gasteiger partial charge in [-0.15, -0.1) is 0 Å². The van der Waals surface area contributed by atoms with Crippen molar-refractivity contribution in [2.75, 3.05) is 30.4 Å². The first-order chi connectivity index (χ1) is 13.0. The van der Waals surface area contributed by atoms with Gasteiger partial charge in [0, 0.05) is 43.5 Å². The van der Waals surface area contributed by atoms with Crippen LogP contribution in [0.1, 0.15) is 28.9 Å². The maximum atomic E-state index is 11.8. The molecule has 142 valence electrons. The van der Waals surface area contributed by atoms with E-state index in [0.717, 1.165) is 24.4 Å². The molecule has 0 unspecified atom stereocenters. The maximum absolute atomic E-state index is 11.8. The minimum atomic E-state index is -0.428. The summed E-state index contributed by atoms with van der Waals surface area (Å²) < 4.78 is 0. The highest BCUT2D eigenvalue weighted by Gasteiger charge is 2.26. The van der Waals surface area contributed by atoms with Crippen molar-refractivity contribution in [3.63, 3.8) is 0 Å². The van der Waals surface area contributed by atoms with Crippen LogP contribution in [-0.2, 0) is 0 Å². The Hall–Kier alpha value is -3.16. The largest absolute Gasteiger partial charge is 0.367 e. The first-order valence-electron chi connectivity index (χ1n) is 8.93. The van der Waals surface area contributed by atoms with Crippen molar-refractivity contribution in [2.24, 2.45) is 0 Å². The van der Waals surface area contributed by atoms with Crippen molar-refractivity contribution in [1.29, 1.82) is 0 Å². The van der Waals surface area contributed by atoms with E-state index in [2.05, 4.69) is 15.6 Å². The number of nitrogens with one attached hydrogen (secondary N) is 2. The minimum Gasteiger partial charge on any atom is -0.367 e. The van der Waals surface area contributed by atoms with Crippen LogP contribution in [0.25, 0.3) is 0 Å². The number of pyridine rings is 1. The number of aryl methyl sites for hydroxylation is 1. The number of nitro benzene ring substituents is 1. The third kappa shape index (κ3) is 4.33. The molecule has 1 saturated heterocycles. The topological polar surface area (TPSA) is 100 Å². The van der Waals surface area contributed by atoms with Gasteiger partial charge in [0.2, 0.25) is 0 Å². The van der Waals surface area contributed by atoms with Crippen molar-refractivity contribution in [3.05, 3.63) is 57.8 Å². The molecule has 1 aromatic heterocycles. The van der Waals surface area contributed by atoms with Gasteiger partial charge in [-0.25, -0.2) is 4.98 Å². The van der Waals surface area contributed by atoms with Gasteiger partial charge in [0.05, 0.1) is 4.92 Å². The zero-order valence-electron chi connectivity index (χ0n) is 15.4. The van der Waals surface area contributed by atoms with Crippen LogP contribution in [-0.4, -0.2) is 42.0 Å². The average molecular weight is 369 g/mol. The molecule has 0 bridgehead atoms. The van der Waals surface area contributed by atoms with Gasteiger partial charge in [0.25, 0.3) is 11.6 Å². The van der Waals surface area contributed by atoms with Crippen molar-refractivity contribution in [2.45, 2.75) is 25.8 Å². The number of carbonyl (C=O) groups excluding carboxylic acids is 1. The van der Waals surface area contributed by atoms with E-state index in [4.69, 9.17) is 0 Å². The number of rotatable bonds is 5. The van der Waals surface area contributed by atoms with Gasteiger partial charge in [-0.05, 0) is 44.0 Å². The molecule has 2 heterocycles. The predicted molar refractivity (Wildman–Crippen MR) is 104 cm³/mol. The first-order valence-corrected chi connectivity index (χ1v) is 8.93. The molecule has 27 heavy (non-hydrogen) atoms. The van der Waals surface area contributed by atoms with Crippen LogP contribution in [0.2, 0.25) is 0 Å². The van der Waals surface area contributed by atoms with E-state index in [0.29, 0.717) is 18.8 Å². The van der Waals surface area contributed by atoms with Crippen LogP contribution in [0.5, 0.6) is 0 Å². The summed E-state index contributed by atoms with van der Waals surface area (Å²) in [5.41, 5.74) is 1.77. The summed E-state index contributed by atoms with van der Waals surface area (Å²) >= 11 is 0. The van der Waals surface area contributed by atoms with Crippen LogP contribution in [0, 0.1) is 17.0 Å². The molecular weight excluding hydrogens is 346 g/mol. The number of nitro groups is 1. The SMILES string of the molecule is CNC(=O)c1ccc(N2CCC(Nc3cccc(C)n3)CC2)c([N+](=O)[O-])c1. The molecule has 8 nitrogen and oxygen atoms in total. The smallest absolute Gasteiger partial charge is 0.293 e. The number of amides is 1. The zero-order valence-corrected chi connectivity index (χ0v) is 15.4. The molecule has 0 saturated carbocycles. The van der Waals surface area contributed by atoms with Gasteiger partial charge in [0.15, 0.2) is 0 Å². The summed E-state index contributed by atoms with van der Waals surface area (Å²) in [6, 6.07) is 10.8. The van der Waals surface area contributed by atoms with Crippen LogP contribution >= 0.6 is 0 Å². The normalized spacial score (nSPS) is 14.7. The second-order valence-electron chi connectivity index (χ2n) is 6.61. The second-order valence-corrected chi connectivity index (χ2v) is 6.61. The Morgan fingerprint density at radius 1 is 1.26 bits per heavy atom.